The van der Waals surface area contributed by atoms with Crippen molar-refractivity contribution in [3.63, 3.8) is 0 Å². The normalized spacial score (nSPS) is 10.6. The first kappa shape index (κ1) is 29.0. The van der Waals surface area contributed by atoms with E-state index in [9.17, 15) is 13.2 Å². The van der Waals surface area contributed by atoms with Crippen LogP contribution < -0.4 is 10.1 Å². The average Bonchev–Trinajstić information content (AvgIpc) is 3.52. The van der Waals surface area contributed by atoms with Crippen LogP contribution in [-0.4, -0.2) is 31.0 Å². The average molecular weight is 569 g/mol. The van der Waals surface area contributed by atoms with Crippen molar-refractivity contribution in [3.05, 3.63) is 106 Å². The van der Waals surface area contributed by atoms with Crippen molar-refractivity contribution in [2.75, 3.05) is 12.4 Å². The van der Waals surface area contributed by atoms with E-state index in [0.717, 1.165) is 27.1 Å². The van der Waals surface area contributed by atoms with Crippen LogP contribution in [0.15, 0.2) is 89.1 Å². The lowest BCUT2D eigenvalue weighted by Crippen LogP contribution is -2.11. The third-order valence-corrected chi connectivity index (χ3v) is 7.68. The zero-order chi connectivity index (χ0) is 27.7. The number of hydrogen-bond acceptors (Lipinski definition) is 7. The predicted molar refractivity (Wildman–Crippen MR) is 155 cm³/mol. The highest BCUT2D eigenvalue weighted by Crippen LogP contribution is 2.29. The Hall–Kier alpha value is -3.57. The Morgan fingerprint density at radius 1 is 0.921 bits per heavy atom. The molecule has 0 aliphatic rings. The fourth-order valence-electron chi connectivity index (χ4n) is 3.11. The number of rotatable bonds is 4. The van der Waals surface area contributed by atoms with Crippen molar-refractivity contribution in [2.45, 2.75) is 25.7 Å². The van der Waals surface area contributed by atoms with E-state index in [1.54, 1.807) is 36.6 Å². The monoisotopic (exact) mass is 568 g/mol. The first-order valence-corrected chi connectivity index (χ1v) is 14.6. The largest absolute Gasteiger partial charge is 0.497 e. The maximum Gasteiger partial charge on any atom is 0.294 e. The zero-order valence-electron chi connectivity index (χ0n) is 21.3. The molecule has 0 fully saturated rings. The van der Waals surface area contributed by atoms with Gasteiger partial charge in [-0.1, -0.05) is 52.8 Å². The van der Waals surface area contributed by atoms with Gasteiger partial charge in [0, 0.05) is 10.4 Å². The van der Waals surface area contributed by atoms with Gasteiger partial charge in [-0.2, -0.15) is 8.42 Å². The fourth-order valence-corrected chi connectivity index (χ4v) is 5.01. The topological polar surface area (TPSA) is 106 Å². The number of aromatic nitrogens is 1. The van der Waals surface area contributed by atoms with E-state index in [2.05, 4.69) is 34.7 Å². The van der Waals surface area contributed by atoms with Crippen molar-refractivity contribution in [3.8, 4) is 5.75 Å². The number of amides is 1. The van der Waals surface area contributed by atoms with Crippen molar-refractivity contribution in [2.24, 2.45) is 0 Å². The molecular weight excluding hydrogens is 541 g/mol. The summed E-state index contributed by atoms with van der Waals surface area (Å²) in [5, 5.41) is 5.51. The maximum atomic E-state index is 12.2. The van der Waals surface area contributed by atoms with Crippen LogP contribution in [0.1, 0.15) is 26.4 Å². The predicted octanol–water partition coefficient (Wildman–Crippen LogP) is 7.16. The zero-order valence-corrected chi connectivity index (χ0v) is 23.8. The van der Waals surface area contributed by atoms with Crippen LogP contribution >= 0.6 is 22.7 Å². The van der Waals surface area contributed by atoms with Gasteiger partial charge in [0.15, 0.2) is 5.13 Å². The van der Waals surface area contributed by atoms with E-state index in [1.807, 2.05) is 50.2 Å². The third-order valence-electron chi connectivity index (χ3n) is 5.08. The van der Waals surface area contributed by atoms with Gasteiger partial charge in [0.05, 0.1) is 22.2 Å². The van der Waals surface area contributed by atoms with Gasteiger partial charge >= 0.3 is 0 Å². The molecule has 5 aromatic rings. The molecule has 7 nitrogen and oxygen atoms in total. The van der Waals surface area contributed by atoms with Crippen molar-refractivity contribution < 1.29 is 22.5 Å². The second-order valence-electron chi connectivity index (χ2n) is 8.19. The lowest BCUT2D eigenvalue weighted by atomic mass is 10.1. The van der Waals surface area contributed by atoms with E-state index in [4.69, 9.17) is 9.29 Å². The number of benzene rings is 3. The molecule has 2 heterocycles. The molecule has 2 aromatic heterocycles. The Bertz CT molecular complexity index is 1590. The summed E-state index contributed by atoms with van der Waals surface area (Å²) in [6, 6.07) is 23.3. The van der Waals surface area contributed by atoms with Crippen molar-refractivity contribution >= 4 is 54.0 Å². The molecule has 10 heteroatoms. The lowest BCUT2D eigenvalue weighted by Gasteiger charge is -2.02. The second-order valence-corrected chi connectivity index (χ2v) is 11.8. The van der Waals surface area contributed by atoms with Gasteiger partial charge in [-0.3, -0.25) is 14.7 Å². The Labute approximate surface area is 230 Å². The quantitative estimate of drug-likeness (QED) is 0.223. The summed E-state index contributed by atoms with van der Waals surface area (Å²) in [5.74, 6) is 0.632. The second kappa shape index (κ2) is 13.3. The van der Waals surface area contributed by atoms with Gasteiger partial charge in [-0.25, -0.2) is 4.98 Å². The van der Waals surface area contributed by atoms with Gasteiger partial charge < -0.3 is 4.74 Å². The number of anilines is 1. The summed E-state index contributed by atoms with van der Waals surface area (Å²) in [7, 11) is -2.39. The lowest BCUT2D eigenvalue weighted by molar-refractivity contribution is 0.102. The first-order chi connectivity index (χ1) is 18.0. The number of nitrogens with one attached hydrogen (secondary N) is 1. The SMILES string of the molecule is COc1ccc2nc(NC(=O)c3cccc(C)c3)sc2c1.Cc1ccc(S(=O)(=O)O)cc1.Cc1cccs1. The number of thiophene rings is 1. The highest BCUT2D eigenvalue weighted by molar-refractivity contribution is 7.85. The molecule has 0 saturated carbocycles. The van der Waals surface area contributed by atoms with Crippen LogP contribution in [0.5, 0.6) is 5.75 Å². The summed E-state index contributed by atoms with van der Waals surface area (Å²) in [6.07, 6.45) is 0. The molecule has 0 saturated heterocycles. The molecule has 0 aliphatic heterocycles. The molecule has 0 radical (unpaired) electrons. The van der Waals surface area contributed by atoms with Gasteiger partial charge in [0.2, 0.25) is 0 Å². The fraction of sp³-hybridized carbons (Fsp3) is 0.143. The number of aryl methyl sites for hydroxylation is 3. The minimum atomic E-state index is -4.02. The Kier molecular flexibility index (Phi) is 10.1. The Morgan fingerprint density at radius 3 is 2.21 bits per heavy atom. The van der Waals surface area contributed by atoms with Crippen LogP contribution in [0.25, 0.3) is 10.2 Å². The van der Waals surface area contributed by atoms with Gasteiger partial charge in [-0.15, -0.1) is 11.3 Å². The number of hydrogen-bond donors (Lipinski definition) is 2. The Morgan fingerprint density at radius 2 is 1.66 bits per heavy atom. The molecule has 1 amide bonds. The number of nitrogens with zero attached hydrogens (tertiary/aromatic N) is 1. The smallest absolute Gasteiger partial charge is 0.294 e. The molecule has 0 spiro atoms. The number of methoxy groups -OCH3 is 1. The summed E-state index contributed by atoms with van der Waals surface area (Å²) in [5.41, 5.74) is 3.49. The Balaban J connectivity index is 0.000000195. The van der Waals surface area contributed by atoms with Crippen LogP contribution in [0, 0.1) is 20.8 Å². The van der Waals surface area contributed by atoms with Crippen LogP contribution in [0.4, 0.5) is 5.13 Å². The molecule has 3 aromatic carbocycles. The maximum absolute atomic E-state index is 12.2. The minimum Gasteiger partial charge on any atom is -0.497 e. The van der Waals surface area contributed by atoms with E-state index < -0.39 is 10.1 Å². The van der Waals surface area contributed by atoms with E-state index >= 15 is 0 Å². The van der Waals surface area contributed by atoms with Crippen LogP contribution in [0.2, 0.25) is 0 Å². The molecule has 0 bridgehead atoms. The van der Waals surface area contributed by atoms with Crippen LogP contribution in [-0.2, 0) is 10.1 Å². The van der Waals surface area contributed by atoms with Gasteiger partial charge in [0.1, 0.15) is 5.75 Å². The molecular formula is C28H28N2O5S3. The highest BCUT2D eigenvalue weighted by atomic mass is 32.2. The first-order valence-electron chi connectivity index (χ1n) is 11.4. The molecule has 198 valence electrons. The van der Waals surface area contributed by atoms with Crippen molar-refractivity contribution in [1.82, 2.24) is 4.98 Å². The summed E-state index contributed by atoms with van der Waals surface area (Å²) >= 11 is 3.21. The third kappa shape index (κ3) is 8.77. The highest BCUT2D eigenvalue weighted by Gasteiger charge is 2.10. The number of fused-ring (bicyclic) bond motifs is 1. The minimum absolute atomic E-state index is 0.0666. The number of thiazole rings is 1. The van der Waals surface area contributed by atoms with Gasteiger partial charge in [0.25, 0.3) is 16.0 Å². The molecule has 5 rings (SSSR count). The molecule has 2 N–H and O–H groups in total. The van der Waals surface area contributed by atoms with E-state index in [-0.39, 0.29) is 10.8 Å². The van der Waals surface area contributed by atoms with Crippen LogP contribution in [0.3, 0.4) is 0 Å². The molecule has 38 heavy (non-hydrogen) atoms. The van der Waals surface area contributed by atoms with E-state index in [1.165, 1.54) is 28.3 Å². The molecule has 0 aliphatic carbocycles. The number of ether oxygens (including phenoxy) is 1. The summed E-state index contributed by atoms with van der Waals surface area (Å²) < 4.78 is 35.7. The van der Waals surface area contributed by atoms with Crippen molar-refractivity contribution in [1.29, 1.82) is 0 Å². The summed E-state index contributed by atoms with van der Waals surface area (Å²) in [4.78, 5) is 17.9. The summed E-state index contributed by atoms with van der Waals surface area (Å²) in [6.45, 7) is 5.90. The standard InChI is InChI=1S/C16H14N2O2S.C7H8O3S.C5H6S/c1-10-4-3-5-11(8-10)15(19)18-16-17-13-7-6-12(20-2)9-14(13)21-16;1-6-2-4-7(5-3-6)11(8,9)10;1-5-3-2-4-6-5/h3-9H,1-2H3,(H,17,18,19);2-5H,1H3,(H,8,9,10);2-4H,1H3. The number of carbonyl (C=O) groups is 1. The molecule has 0 unspecified atom stereocenters. The van der Waals surface area contributed by atoms with Gasteiger partial charge in [-0.05, 0) is 74.7 Å². The molecule has 0 atom stereocenters. The van der Waals surface area contributed by atoms with E-state index in [0.29, 0.717) is 10.7 Å². The number of carbonyl (C=O) groups excluding carboxylic acids is 1.